The Morgan fingerprint density at radius 1 is 1.05 bits per heavy atom. The van der Waals surface area contributed by atoms with E-state index in [9.17, 15) is 13.6 Å². The van der Waals surface area contributed by atoms with E-state index in [0.29, 0.717) is 6.42 Å². The smallest absolute Gasteiger partial charge is 0.397 e. The van der Waals surface area contributed by atoms with Crippen molar-refractivity contribution in [1.29, 1.82) is 0 Å². The van der Waals surface area contributed by atoms with Crippen molar-refractivity contribution in [2.45, 2.75) is 77.7 Å². The van der Waals surface area contributed by atoms with Gasteiger partial charge in [0.15, 0.2) is 0 Å². The minimum absolute atomic E-state index is 0.00407. The van der Waals surface area contributed by atoms with Crippen molar-refractivity contribution in [3.63, 3.8) is 0 Å². The number of hydrogen-bond donors (Lipinski definition) is 0. The van der Waals surface area contributed by atoms with Gasteiger partial charge in [-0.15, -0.1) is 0 Å². The standard InChI is InChI=1S/C15H26F2O2/c1-4-5-6-7-8-9-10-11-12-15(16,17)19-14(18)13(2)3/h2,4-12H2,1,3H3. The minimum Gasteiger partial charge on any atom is -0.397 e. The van der Waals surface area contributed by atoms with Crippen LogP contribution in [0.2, 0.25) is 0 Å². The lowest BCUT2D eigenvalue weighted by Crippen LogP contribution is -2.25. The molecule has 0 rings (SSSR count). The van der Waals surface area contributed by atoms with Crippen LogP contribution < -0.4 is 0 Å². The van der Waals surface area contributed by atoms with E-state index in [2.05, 4.69) is 18.2 Å². The van der Waals surface area contributed by atoms with Crippen molar-refractivity contribution >= 4 is 5.97 Å². The maximum absolute atomic E-state index is 13.2. The summed E-state index contributed by atoms with van der Waals surface area (Å²) in [6.45, 7) is 6.79. The van der Waals surface area contributed by atoms with Crippen molar-refractivity contribution in [2.24, 2.45) is 0 Å². The Bertz CT molecular complexity index is 275. The lowest BCUT2D eigenvalue weighted by Gasteiger charge is -2.16. The van der Waals surface area contributed by atoms with Crippen LogP contribution in [0.1, 0.15) is 71.6 Å². The Kier molecular flexibility index (Phi) is 9.44. The molecule has 0 aliphatic carbocycles. The van der Waals surface area contributed by atoms with Crippen LogP contribution in [0, 0.1) is 0 Å². The monoisotopic (exact) mass is 276 g/mol. The lowest BCUT2D eigenvalue weighted by atomic mass is 10.1. The molecule has 0 aliphatic heterocycles. The second-order valence-electron chi connectivity index (χ2n) is 5.03. The van der Waals surface area contributed by atoms with Crippen molar-refractivity contribution in [3.05, 3.63) is 12.2 Å². The third-order valence-corrected chi connectivity index (χ3v) is 2.91. The lowest BCUT2D eigenvalue weighted by molar-refractivity contribution is -0.232. The molecule has 0 aliphatic rings. The molecule has 0 aromatic carbocycles. The predicted molar refractivity (Wildman–Crippen MR) is 73.1 cm³/mol. The molecule has 0 bridgehead atoms. The molecule has 0 unspecified atom stereocenters. The molecule has 0 fully saturated rings. The average molecular weight is 276 g/mol. The first-order valence-electron chi connectivity index (χ1n) is 7.15. The van der Waals surface area contributed by atoms with Crippen LogP contribution >= 0.6 is 0 Å². The van der Waals surface area contributed by atoms with Gasteiger partial charge in [-0.25, -0.2) is 4.79 Å². The van der Waals surface area contributed by atoms with Crippen molar-refractivity contribution in [3.8, 4) is 0 Å². The van der Waals surface area contributed by atoms with E-state index in [4.69, 9.17) is 0 Å². The molecule has 4 heteroatoms. The highest BCUT2D eigenvalue weighted by Crippen LogP contribution is 2.24. The highest BCUT2D eigenvalue weighted by atomic mass is 19.3. The molecule has 0 radical (unpaired) electrons. The number of carbonyl (C=O) groups excluding carboxylic acids is 1. The third kappa shape index (κ3) is 10.7. The number of carbonyl (C=O) groups is 1. The van der Waals surface area contributed by atoms with Gasteiger partial charge in [-0.3, -0.25) is 0 Å². The van der Waals surface area contributed by atoms with Crippen LogP contribution in [-0.4, -0.2) is 12.1 Å². The molecule has 0 saturated carbocycles. The summed E-state index contributed by atoms with van der Waals surface area (Å²) >= 11 is 0. The number of halogens is 2. The SMILES string of the molecule is C=C(C)C(=O)OC(F)(F)CCCCCCCCCC. The Balaban J connectivity index is 3.58. The number of alkyl halides is 2. The van der Waals surface area contributed by atoms with Gasteiger partial charge in [0.1, 0.15) is 0 Å². The minimum atomic E-state index is -3.36. The van der Waals surface area contributed by atoms with E-state index in [1.807, 2.05) is 0 Å². The predicted octanol–water partition coefficient (Wildman–Crippen LogP) is 5.23. The first-order valence-corrected chi connectivity index (χ1v) is 7.15. The fourth-order valence-corrected chi connectivity index (χ4v) is 1.74. The Labute approximate surface area is 115 Å². The number of hydrogen-bond acceptors (Lipinski definition) is 2. The molecule has 112 valence electrons. The Hall–Kier alpha value is -0.930. The van der Waals surface area contributed by atoms with Crippen molar-refractivity contribution in [1.82, 2.24) is 0 Å². The Morgan fingerprint density at radius 3 is 2.00 bits per heavy atom. The summed E-state index contributed by atoms with van der Waals surface area (Å²) in [5.74, 6) is -1.02. The van der Waals surface area contributed by atoms with Gasteiger partial charge in [0.25, 0.3) is 0 Å². The van der Waals surface area contributed by atoms with Crippen LogP contribution in [0.4, 0.5) is 8.78 Å². The summed E-state index contributed by atoms with van der Waals surface area (Å²) in [6, 6.07) is 0. The van der Waals surface area contributed by atoms with E-state index in [0.717, 1.165) is 19.3 Å². The van der Waals surface area contributed by atoms with E-state index in [1.54, 1.807) is 0 Å². The molecule has 0 atom stereocenters. The fraction of sp³-hybridized carbons (Fsp3) is 0.800. The van der Waals surface area contributed by atoms with E-state index in [1.165, 1.54) is 32.6 Å². The first-order chi connectivity index (χ1) is 8.89. The number of esters is 1. The van der Waals surface area contributed by atoms with Gasteiger partial charge in [0.2, 0.25) is 0 Å². The molecule has 0 amide bonds. The molecule has 0 heterocycles. The molecule has 0 saturated heterocycles. The van der Waals surface area contributed by atoms with Crippen LogP contribution in [0.25, 0.3) is 0 Å². The maximum Gasteiger partial charge on any atom is 0.400 e. The highest BCUT2D eigenvalue weighted by Gasteiger charge is 2.33. The average Bonchev–Trinajstić information content (AvgIpc) is 2.31. The molecule has 19 heavy (non-hydrogen) atoms. The highest BCUT2D eigenvalue weighted by molar-refractivity contribution is 5.87. The Morgan fingerprint density at radius 2 is 1.53 bits per heavy atom. The molecule has 0 N–H and O–H groups in total. The second-order valence-corrected chi connectivity index (χ2v) is 5.03. The second kappa shape index (κ2) is 9.93. The van der Waals surface area contributed by atoms with Crippen LogP contribution in [0.5, 0.6) is 0 Å². The van der Waals surface area contributed by atoms with Crippen molar-refractivity contribution < 1.29 is 18.3 Å². The number of rotatable bonds is 11. The zero-order chi connectivity index (χ0) is 14.7. The summed E-state index contributed by atoms with van der Waals surface area (Å²) in [6.07, 6.45) is 4.29. The summed E-state index contributed by atoms with van der Waals surface area (Å²) in [7, 11) is 0. The van der Waals surface area contributed by atoms with E-state index < -0.39 is 18.5 Å². The maximum atomic E-state index is 13.2. The zero-order valence-electron chi connectivity index (χ0n) is 12.1. The van der Waals surface area contributed by atoms with Gasteiger partial charge in [-0.05, 0) is 13.3 Å². The molecular weight excluding hydrogens is 250 g/mol. The third-order valence-electron chi connectivity index (χ3n) is 2.91. The van der Waals surface area contributed by atoms with E-state index >= 15 is 0 Å². The zero-order valence-corrected chi connectivity index (χ0v) is 12.1. The van der Waals surface area contributed by atoms with E-state index in [-0.39, 0.29) is 5.57 Å². The summed E-state index contributed by atoms with van der Waals surface area (Å²) in [5, 5.41) is 0. The summed E-state index contributed by atoms with van der Waals surface area (Å²) in [5.41, 5.74) is -0.00407. The van der Waals surface area contributed by atoms with Gasteiger partial charge in [0.05, 0.1) is 6.42 Å². The van der Waals surface area contributed by atoms with Gasteiger partial charge >= 0.3 is 12.1 Å². The fourth-order valence-electron chi connectivity index (χ4n) is 1.74. The normalized spacial score (nSPS) is 11.4. The molecule has 0 spiro atoms. The summed E-state index contributed by atoms with van der Waals surface area (Å²) < 4.78 is 30.5. The first kappa shape index (κ1) is 18.1. The van der Waals surface area contributed by atoms with Crippen LogP contribution in [-0.2, 0) is 9.53 Å². The largest absolute Gasteiger partial charge is 0.400 e. The number of unbranched alkanes of at least 4 members (excludes halogenated alkanes) is 7. The van der Waals surface area contributed by atoms with Gasteiger partial charge in [-0.1, -0.05) is 58.4 Å². The number of ether oxygens (including phenoxy) is 1. The van der Waals surface area contributed by atoms with Crippen molar-refractivity contribution in [2.75, 3.05) is 0 Å². The molecular formula is C15H26F2O2. The van der Waals surface area contributed by atoms with Gasteiger partial charge in [0, 0.05) is 5.57 Å². The topological polar surface area (TPSA) is 26.3 Å². The summed E-state index contributed by atoms with van der Waals surface area (Å²) in [4.78, 5) is 11.0. The van der Waals surface area contributed by atoms with Gasteiger partial charge in [-0.2, -0.15) is 8.78 Å². The molecule has 0 aromatic rings. The quantitative estimate of drug-likeness (QED) is 0.293. The molecule has 0 aromatic heterocycles. The molecule has 2 nitrogen and oxygen atoms in total. The van der Waals surface area contributed by atoms with Gasteiger partial charge < -0.3 is 4.74 Å². The van der Waals surface area contributed by atoms with Crippen LogP contribution in [0.15, 0.2) is 12.2 Å². The van der Waals surface area contributed by atoms with Crippen LogP contribution in [0.3, 0.4) is 0 Å².